The molecule has 142 valence electrons. The molecule has 2 aromatic carbocycles. The molecule has 0 aliphatic heterocycles. The predicted molar refractivity (Wildman–Crippen MR) is 98.7 cm³/mol. The Morgan fingerprint density at radius 1 is 1.15 bits per heavy atom. The number of hydrogen-bond donors (Lipinski definition) is 2. The Labute approximate surface area is 154 Å². The van der Waals surface area contributed by atoms with E-state index in [0.29, 0.717) is 22.8 Å². The number of non-ortho nitro benzene ring substituents is 1. The van der Waals surface area contributed by atoms with Crippen LogP contribution in [-0.2, 0) is 0 Å². The van der Waals surface area contributed by atoms with Gasteiger partial charge in [-0.3, -0.25) is 14.9 Å². The van der Waals surface area contributed by atoms with Crippen molar-refractivity contribution in [2.75, 3.05) is 27.1 Å². The molecule has 10 nitrogen and oxygen atoms in total. The van der Waals surface area contributed by atoms with Gasteiger partial charge >= 0.3 is 0 Å². The fourth-order valence-corrected chi connectivity index (χ4v) is 2.26. The number of nitrogen functional groups attached to an aromatic ring is 1. The summed E-state index contributed by atoms with van der Waals surface area (Å²) >= 11 is 0. The van der Waals surface area contributed by atoms with Crippen LogP contribution in [0.5, 0.6) is 17.2 Å². The van der Waals surface area contributed by atoms with Crippen LogP contribution in [0.4, 0.5) is 11.4 Å². The summed E-state index contributed by atoms with van der Waals surface area (Å²) in [7, 11) is 4.44. The van der Waals surface area contributed by atoms with Crippen molar-refractivity contribution in [1.29, 1.82) is 0 Å². The molecule has 0 fully saturated rings. The lowest BCUT2D eigenvalue weighted by Crippen LogP contribution is -2.19. The first-order chi connectivity index (χ1) is 12.9. The number of hydrazone groups is 1. The summed E-state index contributed by atoms with van der Waals surface area (Å²) in [6.07, 6.45) is 1.36. The number of carbonyl (C=O) groups is 1. The molecule has 0 bridgehead atoms. The maximum atomic E-state index is 12.2. The molecule has 27 heavy (non-hydrogen) atoms. The van der Waals surface area contributed by atoms with Gasteiger partial charge in [-0.2, -0.15) is 5.10 Å². The Kier molecular flexibility index (Phi) is 6.15. The zero-order chi connectivity index (χ0) is 20.0. The summed E-state index contributed by atoms with van der Waals surface area (Å²) in [4.78, 5) is 22.4. The first-order valence-electron chi connectivity index (χ1n) is 7.58. The lowest BCUT2D eigenvalue weighted by Gasteiger charge is -2.12. The van der Waals surface area contributed by atoms with Crippen molar-refractivity contribution < 1.29 is 23.9 Å². The standard InChI is InChI=1S/C17H18N4O6/c1-25-14-6-10(7-15(26-2)16(14)27-3)9-19-20-17(22)12-8-11(21(23)24)4-5-13(12)18/h4-9H,18H2,1-3H3,(H,20,22)/b19-9-. The number of nitro benzene ring substituents is 1. The van der Waals surface area contributed by atoms with Gasteiger partial charge in [0.2, 0.25) is 5.75 Å². The summed E-state index contributed by atoms with van der Waals surface area (Å²) in [6, 6.07) is 6.86. The van der Waals surface area contributed by atoms with E-state index >= 15 is 0 Å². The van der Waals surface area contributed by atoms with E-state index in [1.165, 1.54) is 39.7 Å². The van der Waals surface area contributed by atoms with E-state index in [1.54, 1.807) is 12.1 Å². The van der Waals surface area contributed by atoms with Gasteiger partial charge in [0.25, 0.3) is 11.6 Å². The molecular formula is C17H18N4O6. The van der Waals surface area contributed by atoms with E-state index in [1.807, 2.05) is 0 Å². The van der Waals surface area contributed by atoms with E-state index in [-0.39, 0.29) is 16.9 Å². The highest BCUT2D eigenvalue weighted by atomic mass is 16.6. The minimum Gasteiger partial charge on any atom is -0.493 e. The molecule has 2 aromatic rings. The number of carbonyl (C=O) groups excluding carboxylic acids is 1. The maximum absolute atomic E-state index is 12.2. The van der Waals surface area contributed by atoms with Gasteiger partial charge in [-0.15, -0.1) is 0 Å². The monoisotopic (exact) mass is 374 g/mol. The summed E-state index contributed by atoms with van der Waals surface area (Å²) in [5, 5.41) is 14.7. The summed E-state index contributed by atoms with van der Waals surface area (Å²) in [6.45, 7) is 0. The van der Waals surface area contributed by atoms with E-state index in [9.17, 15) is 14.9 Å². The SMILES string of the molecule is COc1cc(/C=N\NC(=O)c2cc([N+](=O)[O-])ccc2N)cc(OC)c1OC. The van der Waals surface area contributed by atoms with E-state index < -0.39 is 10.8 Å². The number of nitrogens with one attached hydrogen (secondary N) is 1. The van der Waals surface area contributed by atoms with Gasteiger partial charge in [-0.05, 0) is 18.2 Å². The Morgan fingerprint density at radius 2 is 1.78 bits per heavy atom. The topological polar surface area (TPSA) is 138 Å². The normalized spacial score (nSPS) is 10.5. The van der Waals surface area contributed by atoms with Crippen LogP contribution in [0, 0.1) is 10.1 Å². The largest absolute Gasteiger partial charge is 0.493 e. The van der Waals surface area contributed by atoms with E-state index in [0.717, 1.165) is 6.07 Å². The number of ether oxygens (including phenoxy) is 3. The van der Waals surface area contributed by atoms with Crippen LogP contribution in [0.3, 0.4) is 0 Å². The van der Waals surface area contributed by atoms with Crippen LogP contribution in [-0.4, -0.2) is 38.4 Å². The molecule has 2 rings (SSSR count). The third-order valence-electron chi connectivity index (χ3n) is 3.56. The predicted octanol–water partition coefficient (Wildman–Crippen LogP) is 1.97. The number of anilines is 1. The summed E-state index contributed by atoms with van der Waals surface area (Å²) in [5.74, 6) is 0.588. The molecule has 0 heterocycles. The van der Waals surface area contributed by atoms with Gasteiger partial charge in [-0.1, -0.05) is 0 Å². The van der Waals surface area contributed by atoms with Crippen molar-refractivity contribution in [2.45, 2.75) is 0 Å². The lowest BCUT2D eigenvalue weighted by atomic mass is 10.1. The Morgan fingerprint density at radius 3 is 2.30 bits per heavy atom. The third-order valence-corrected chi connectivity index (χ3v) is 3.56. The van der Waals surface area contributed by atoms with Crippen molar-refractivity contribution >= 4 is 23.5 Å². The zero-order valence-electron chi connectivity index (χ0n) is 14.9. The maximum Gasteiger partial charge on any atom is 0.273 e. The molecule has 1 amide bonds. The molecule has 0 atom stereocenters. The molecule has 0 radical (unpaired) electrons. The van der Waals surface area contributed by atoms with Gasteiger partial charge in [-0.25, -0.2) is 5.43 Å². The first-order valence-corrected chi connectivity index (χ1v) is 7.58. The first kappa shape index (κ1) is 19.5. The minimum absolute atomic E-state index is 0.0498. The second-order valence-corrected chi connectivity index (χ2v) is 5.19. The fourth-order valence-electron chi connectivity index (χ4n) is 2.26. The number of nitrogens with zero attached hydrogens (tertiary/aromatic N) is 2. The van der Waals surface area contributed by atoms with Gasteiger partial charge in [0.15, 0.2) is 11.5 Å². The highest BCUT2D eigenvalue weighted by molar-refractivity contribution is 6.00. The molecule has 0 spiro atoms. The van der Waals surface area contributed by atoms with Crippen molar-refractivity contribution in [3.63, 3.8) is 0 Å². The smallest absolute Gasteiger partial charge is 0.273 e. The highest BCUT2D eigenvalue weighted by Crippen LogP contribution is 2.37. The number of methoxy groups -OCH3 is 3. The number of hydrogen-bond acceptors (Lipinski definition) is 8. The van der Waals surface area contributed by atoms with Crippen molar-refractivity contribution in [3.8, 4) is 17.2 Å². The number of rotatable bonds is 7. The Hall–Kier alpha value is -3.82. The Balaban J connectivity index is 2.21. The quantitative estimate of drug-likeness (QED) is 0.327. The second kappa shape index (κ2) is 8.52. The van der Waals surface area contributed by atoms with Crippen LogP contribution in [0.15, 0.2) is 35.4 Å². The van der Waals surface area contributed by atoms with E-state index in [4.69, 9.17) is 19.9 Å². The van der Waals surface area contributed by atoms with Crippen LogP contribution < -0.4 is 25.4 Å². The van der Waals surface area contributed by atoms with Crippen molar-refractivity contribution in [1.82, 2.24) is 5.43 Å². The molecule has 0 aliphatic rings. The minimum atomic E-state index is -0.681. The van der Waals surface area contributed by atoms with Gasteiger partial charge < -0.3 is 19.9 Å². The number of nitro groups is 1. The highest BCUT2D eigenvalue weighted by Gasteiger charge is 2.15. The van der Waals surface area contributed by atoms with Crippen molar-refractivity contribution in [3.05, 3.63) is 51.6 Å². The fraction of sp³-hybridized carbons (Fsp3) is 0.176. The molecular weight excluding hydrogens is 356 g/mol. The van der Waals surface area contributed by atoms with Crippen LogP contribution in [0.2, 0.25) is 0 Å². The summed E-state index contributed by atoms with van der Waals surface area (Å²) < 4.78 is 15.7. The third kappa shape index (κ3) is 4.42. The zero-order valence-corrected chi connectivity index (χ0v) is 14.9. The number of amides is 1. The van der Waals surface area contributed by atoms with Crippen molar-refractivity contribution in [2.24, 2.45) is 5.10 Å². The van der Waals surface area contributed by atoms with Gasteiger partial charge in [0, 0.05) is 23.4 Å². The number of nitrogens with two attached hydrogens (primary N) is 1. The lowest BCUT2D eigenvalue weighted by molar-refractivity contribution is -0.384. The molecule has 0 aliphatic carbocycles. The molecule has 0 unspecified atom stereocenters. The van der Waals surface area contributed by atoms with Crippen LogP contribution >= 0.6 is 0 Å². The molecule has 10 heteroatoms. The second-order valence-electron chi connectivity index (χ2n) is 5.19. The number of benzene rings is 2. The molecule has 0 aromatic heterocycles. The Bertz CT molecular complexity index is 872. The van der Waals surface area contributed by atoms with E-state index in [2.05, 4.69) is 10.5 Å². The molecule has 0 saturated carbocycles. The summed E-state index contributed by atoms with van der Waals surface area (Å²) in [5.41, 5.74) is 8.34. The van der Waals surface area contributed by atoms with Gasteiger partial charge in [0.05, 0.1) is 38.0 Å². The molecule has 0 saturated heterocycles. The average molecular weight is 374 g/mol. The van der Waals surface area contributed by atoms with Crippen LogP contribution in [0.1, 0.15) is 15.9 Å². The molecule has 3 N–H and O–H groups in total. The van der Waals surface area contributed by atoms with Crippen LogP contribution in [0.25, 0.3) is 0 Å². The average Bonchev–Trinajstić information content (AvgIpc) is 2.66. The van der Waals surface area contributed by atoms with Gasteiger partial charge in [0.1, 0.15) is 0 Å².